The van der Waals surface area contributed by atoms with Gasteiger partial charge in [-0.1, -0.05) is 61.9 Å². The molecule has 0 heteroatoms. The Morgan fingerprint density at radius 1 is 0.778 bits per heavy atom. The van der Waals surface area contributed by atoms with Gasteiger partial charge in [0.2, 0.25) is 0 Å². The number of aryl methyl sites for hydroxylation is 2. The summed E-state index contributed by atoms with van der Waals surface area (Å²) in [6.45, 7) is 6.64. The highest BCUT2D eigenvalue weighted by Crippen LogP contribution is 2.31. The van der Waals surface area contributed by atoms with Gasteiger partial charge in [0.05, 0.1) is 0 Å². The van der Waals surface area contributed by atoms with Gasteiger partial charge in [-0.15, -0.1) is 0 Å². The minimum atomic E-state index is 1.13. The highest BCUT2D eigenvalue weighted by Gasteiger charge is 2.17. The molecule has 2 aromatic carbocycles. The fraction of sp³-hybridized carbons (Fsp3) is 0.278. The predicted molar refractivity (Wildman–Crippen MR) is 78.7 cm³/mol. The Kier molecular flexibility index (Phi) is 4.19. The molecule has 0 aromatic heterocycles. The Balaban J connectivity index is 2.47. The molecule has 0 aliphatic heterocycles. The average Bonchev–Trinajstić information content (AvgIpc) is 2.38. The van der Waals surface area contributed by atoms with Crippen molar-refractivity contribution in [1.29, 1.82) is 0 Å². The van der Waals surface area contributed by atoms with Gasteiger partial charge in [-0.05, 0) is 42.5 Å². The standard InChI is InChI=1S/C18H21/c1-4-9-18(16-12-7-5-10-14(16)2)17-13-8-6-11-15(17)3/h5-8,10-13H,4,9H2,1-3H3. The summed E-state index contributed by atoms with van der Waals surface area (Å²) in [5.74, 6) is 1.48. The summed E-state index contributed by atoms with van der Waals surface area (Å²) in [5.41, 5.74) is 5.52. The van der Waals surface area contributed by atoms with Crippen molar-refractivity contribution in [1.82, 2.24) is 0 Å². The van der Waals surface area contributed by atoms with Gasteiger partial charge in [-0.2, -0.15) is 0 Å². The Bertz CT molecular complexity index is 465. The van der Waals surface area contributed by atoms with Crippen LogP contribution >= 0.6 is 0 Å². The molecular weight excluding hydrogens is 216 g/mol. The van der Waals surface area contributed by atoms with Crippen LogP contribution < -0.4 is 0 Å². The van der Waals surface area contributed by atoms with Crippen LogP contribution in [0.4, 0.5) is 0 Å². The van der Waals surface area contributed by atoms with E-state index in [0.29, 0.717) is 0 Å². The summed E-state index contributed by atoms with van der Waals surface area (Å²) in [6, 6.07) is 17.4. The van der Waals surface area contributed by atoms with Crippen molar-refractivity contribution in [2.24, 2.45) is 0 Å². The quantitative estimate of drug-likeness (QED) is 0.696. The van der Waals surface area contributed by atoms with Gasteiger partial charge in [0.25, 0.3) is 0 Å². The van der Waals surface area contributed by atoms with Gasteiger partial charge >= 0.3 is 0 Å². The largest absolute Gasteiger partial charge is 0.0653 e. The Morgan fingerprint density at radius 2 is 1.22 bits per heavy atom. The van der Waals surface area contributed by atoms with Gasteiger partial charge in [-0.3, -0.25) is 0 Å². The molecule has 0 N–H and O–H groups in total. The number of benzene rings is 2. The normalized spacial score (nSPS) is 10.9. The molecule has 0 saturated carbocycles. The lowest BCUT2D eigenvalue weighted by Crippen LogP contribution is -2.05. The topological polar surface area (TPSA) is 0 Å². The van der Waals surface area contributed by atoms with Gasteiger partial charge in [0, 0.05) is 5.92 Å². The van der Waals surface area contributed by atoms with Crippen molar-refractivity contribution in [2.45, 2.75) is 33.6 Å². The predicted octanol–water partition coefficient (Wildman–Crippen LogP) is 5.07. The third kappa shape index (κ3) is 2.64. The smallest absolute Gasteiger partial charge is 0.0345 e. The van der Waals surface area contributed by atoms with E-state index in [0.717, 1.165) is 6.42 Å². The molecule has 0 spiro atoms. The van der Waals surface area contributed by atoms with E-state index in [9.17, 15) is 0 Å². The molecule has 0 fully saturated rings. The molecule has 0 saturated heterocycles. The van der Waals surface area contributed by atoms with Crippen LogP contribution in [0, 0.1) is 19.8 Å². The second kappa shape index (κ2) is 5.86. The van der Waals surface area contributed by atoms with Crippen LogP contribution in [0.3, 0.4) is 0 Å². The lowest BCUT2D eigenvalue weighted by Gasteiger charge is -2.20. The van der Waals surface area contributed by atoms with E-state index >= 15 is 0 Å². The van der Waals surface area contributed by atoms with Gasteiger partial charge < -0.3 is 0 Å². The van der Waals surface area contributed by atoms with E-state index in [2.05, 4.69) is 69.3 Å². The maximum absolute atomic E-state index is 2.25. The van der Waals surface area contributed by atoms with Crippen LogP contribution in [0.1, 0.15) is 42.0 Å². The first kappa shape index (κ1) is 12.9. The van der Waals surface area contributed by atoms with E-state index in [1.54, 1.807) is 0 Å². The zero-order valence-electron chi connectivity index (χ0n) is 11.5. The van der Waals surface area contributed by atoms with Crippen LogP contribution in [0.2, 0.25) is 0 Å². The van der Waals surface area contributed by atoms with Gasteiger partial charge in [0.15, 0.2) is 0 Å². The fourth-order valence-corrected chi connectivity index (χ4v) is 2.49. The number of hydrogen-bond donors (Lipinski definition) is 0. The van der Waals surface area contributed by atoms with Crippen molar-refractivity contribution in [3.8, 4) is 0 Å². The fourth-order valence-electron chi connectivity index (χ4n) is 2.49. The summed E-state index contributed by atoms with van der Waals surface area (Å²) in [6.07, 6.45) is 2.31. The summed E-state index contributed by atoms with van der Waals surface area (Å²) in [5, 5.41) is 0. The second-order valence-corrected chi connectivity index (χ2v) is 4.86. The molecule has 2 aromatic rings. The maximum atomic E-state index is 2.25. The van der Waals surface area contributed by atoms with Gasteiger partial charge in [0.1, 0.15) is 0 Å². The minimum absolute atomic E-state index is 1.13. The van der Waals surface area contributed by atoms with Crippen LogP contribution in [0.25, 0.3) is 0 Å². The summed E-state index contributed by atoms with van der Waals surface area (Å²) in [4.78, 5) is 0. The van der Waals surface area contributed by atoms with E-state index in [4.69, 9.17) is 0 Å². The molecule has 0 heterocycles. The Labute approximate surface area is 111 Å². The highest BCUT2D eigenvalue weighted by atomic mass is 14.2. The summed E-state index contributed by atoms with van der Waals surface area (Å²) >= 11 is 0. The first-order valence-electron chi connectivity index (χ1n) is 6.72. The van der Waals surface area contributed by atoms with Crippen molar-refractivity contribution in [2.75, 3.05) is 0 Å². The maximum Gasteiger partial charge on any atom is 0.0345 e. The third-order valence-corrected chi connectivity index (χ3v) is 3.44. The van der Waals surface area contributed by atoms with E-state index < -0.39 is 0 Å². The molecule has 0 nitrogen and oxygen atoms in total. The molecule has 2 rings (SSSR count). The highest BCUT2D eigenvalue weighted by molar-refractivity contribution is 5.51. The first-order valence-corrected chi connectivity index (χ1v) is 6.72. The average molecular weight is 237 g/mol. The molecule has 0 bridgehead atoms. The monoisotopic (exact) mass is 237 g/mol. The van der Waals surface area contributed by atoms with E-state index in [-0.39, 0.29) is 0 Å². The van der Waals surface area contributed by atoms with E-state index in [1.807, 2.05) is 0 Å². The van der Waals surface area contributed by atoms with Crippen LogP contribution in [0.5, 0.6) is 0 Å². The van der Waals surface area contributed by atoms with Crippen LogP contribution in [0.15, 0.2) is 48.5 Å². The molecule has 0 atom stereocenters. The molecule has 0 aliphatic rings. The van der Waals surface area contributed by atoms with Crippen molar-refractivity contribution in [3.63, 3.8) is 0 Å². The van der Waals surface area contributed by atoms with Crippen LogP contribution in [-0.4, -0.2) is 0 Å². The molecule has 0 amide bonds. The molecular formula is C18H21. The number of hydrogen-bond acceptors (Lipinski definition) is 0. The summed E-state index contributed by atoms with van der Waals surface area (Å²) in [7, 11) is 0. The Morgan fingerprint density at radius 3 is 1.61 bits per heavy atom. The van der Waals surface area contributed by atoms with Crippen molar-refractivity contribution < 1.29 is 0 Å². The second-order valence-electron chi connectivity index (χ2n) is 4.86. The van der Waals surface area contributed by atoms with Crippen LogP contribution in [-0.2, 0) is 0 Å². The van der Waals surface area contributed by atoms with Crippen molar-refractivity contribution >= 4 is 0 Å². The minimum Gasteiger partial charge on any atom is -0.0653 e. The van der Waals surface area contributed by atoms with Gasteiger partial charge in [-0.25, -0.2) is 0 Å². The molecule has 1 radical (unpaired) electrons. The summed E-state index contributed by atoms with van der Waals surface area (Å²) < 4.78 is 0. The lowest BCUT2D eigenvalue weighted by molar-refractivity contribution is 0.842. The zero-order chi connectivity index (χ0) is 13.0. The SMILES string of the molecule is CCC[C](c1ccccc1C)c1ccccc1C. The van der Waals surface area contributed by atoms with E-state index in [1.165, 1.54) is 34.6 Å². The lowest BCUT2D eigenvalue weighted by atomic mass is 9.83. The molecule has 18 heavy (non-hydrogen) atoms. The first-order chi connectivity index (χ1) is 8.74. The third-order valence-electron chi connectivity index (χ3n) is 3.44. The zero-order valence-corrected chi connectivity index (χ0v) is 11.5. The molecule has 0 aliphatic carbocycles. The van der Waals surface area contributed by atoms with Crippen molar-refractivity contribution in [3.05, 3.63) is 76.7 Å². The number of rotatable bonds is 4. The Hall–Kier alpha value is -1.56. The molecule has 93 valence electrons. The molecule has 0 unspecified atom stereocenters.